The van der Waals surface area contributed by atoms with E-state index in [1.165, 1.54) is 6.07 Å². The third kappa shape index (κ3) is 2.15. The molecule has 0 unspecified atom stereocenters. The number of benzene rings is 1. The molecule has 0 radical (unpaired) electrons. The van der Waals surface area contributed by atoms with Crippen LogP contribution in [0.4, 0.5) is 4.39 Å². The molecule has 0 saturated carbocycles. The van der Waals surface area contributed by atoms with Gasteiger partial charge in [0.1, 0.15) is 11.3 Å². The molecule has 0 amide bonds. The molecule has 0 atom stereocenters. The Bertz CT molecular complexity index is 453. The van der Waals surface area contributed by atoms with Crippen LogP contribution in [-0.4, -0.2) is 23.7 Å². The van der Waals surface area contributed by atoms with Gasteiger partial charge in [-0.25, -0.2) is 9.37 Å². The van der Waals surface area contributed by atoms with Crippen LogP contribution < -0.4 is 0 Å². The maximum Gasteiger partial charge on any atom is 0.151 e. The minimum Gasteiger partial charge on any atom is -0.385 e. The Labute approximate surface area is 87.3 Å². The number of fused-ring (bicyclic) bond motifs is 1. The smallest absolute Gasteiger partial charge is 0.151 e. The SMILES string of the molecule is COCCCc1nc2c(F)cccc2[nH]1. The van der Waals surface area contributed by atoms with Crippen molar-refractivity contribution < 1.29 is 9.13 Å². The van der Waals surface area contributed by atoms with E-state index >= 15 is 0 Å². The molecule has 0 aliphatic rings. The van der Waals surface area contributed by atoms with Crippen LogP contribution in [0.15, 0.2) is 18.2 Å². The number of halogens is 1. The topological polar surface area (TPSA) is 37.9 Å². The first-order valence-electron chi connectivity index (χ1n) is 4.93. The second kappa shape index (κ2) is 4.40. The van der Waals surface area contributed by atoms with Gasteiger partial charge < -0.3 is 9.72 Å². The van der Waals surface area contributed by atoms with Crippen molar-refractivity contribution in [2.24, 2.45) is 0 Å². The number of para-hydroxylation sites is 1. The van der Waals surface area contributed by atoms with E-state index in [1.807, 2.05) is 6.07 Å². The maximum absolute atomic E-state index is 13.3. The fraction of sp³-hybridized carbons (Fsp3) is 0.364. The summed E-state index contributed by atoms with van der Waals surface area (Å²) in [6.45, 7) is 0.694. The van der Waals surface area contributed by atoms with Crippen molar-refractivity contribution in [3.05, 3.63) is 29.8 Å². The van der Waals surface area contributed by atoms with Gasteiger partial charge in [0.2, 0.25) is 0 Å². The van der Waals surface area contributed by atoms with Crippen molar-refractivity contribution in [2.75, 3.05) is 13.7 Å². The number of aryl methyl sites for hydroxylation is 1. The fourth-order valence-corrected chi connectivity index (χ4v) is 1.55. The Morgan fingerprint density at radius 2 is 2.33 bits per heavy atom. The standard InChI is InChI=1S/C11H13FN2O/c1-15-7-3-6-10-13-9-5-2-4-8(12)11(9)14-10/h2,4-5H,3,6-7H2,1H3,(H,13,14). The Morgan fingerprint density at radius 3 is 3.07 bits per heavy atom. The molecule has 0 fully saturated rings. The summed E-state index contributed by atoms with van der Waals surface area (Å²) in [5.41, 5.74) is 1.17. The molecule has 0 spiro atoms. The van der Waals surface area contributed by atoms with Crippen LogP contribution in [0.3, 0.4) is 0 Å². The van der Waals surface area contributed by atoms with Crippen molar-refractivity contribution in [3.63, 3.8) is 0 Å². The normalized spacial score (nSPS) is 11.1. The van der Waals surface area contributed by atoms with E-state index in [0.717, 1.165) is 24.2 Å². The number of methoxy groups -OCH3 is 1. The van der Waals surface area contributed by atoms with Gasteiger partial charge in [-0.05, 0) is 18.6 Å². The lowest BCUT2D eigenvalue weighted by Gasteiger charge is -1.95. The minimum absolute atomic E-state index is 0.276. The molecule has 0 bridgehead atoms. The van der Waals surface area contributed by atoms with Crippen LogP contribution in [0, 0.1) is 5.82 Å². The summed E-state index contributed by atoms with van der Waals surface area (Å²) >= 11 is 0. The van der Waals surface area contributed by atoms with Crippen molar-refractivity contribution in [1.29, 1.82) is 0 Å². The molecule has 1 aromatic carbocycles. The zero-order chi connectivity index (χ0) is 10.7. The summed E-state index contributed by atoms with van der Waals surface area (Å²) in [5.74, 6) is 0.536. The van der Waals surface area contributed by atoms with E-state index in [-0.39, 0.29) is 5.82 Å². The molecule has 1 heterocycles. The Morgan fingerprint density at radius 1 is 1.47 bits per heavy atom. The first kappa shape index (κ1) is 10.1. The number of imidazole rings is 1. The van der Waals surface area contributed by atoms with E-state index in [0.29, 0.717) is 12.1 Å². The first-order chi connectivity index (χ1) is 7.31. The number of nitrogens with one attached hydrogen (secondary N) is 1. The second-order valence-electron chi connectivity index (χ2n) is 3.42. The molecule has 0 saturated heterocycles. The lowest BCUT2D eigenvalue weighted by atomic mass is 10.3. The number of aromatic nitrogens is 2. The molecule has 2 aromatic rings. The summed E-state index contributed by atoms with van der Waals surface area (Å²) in [6, 6.07) is 4.92. The van der Waals surface area contributed by atoms with Crippen LogP contribution in [0.5, 0.6) is 0 Å². The first-order valence-corrected chi connectivity index (χ1v) is 4.93. The van der Waals surface area contributed by atoms with Crippen LogP contribution in [-0.2, 0) is 11.2 Å². The van der Waals surface area contributed by atoms with E-state index in [4.69, 9.17) is 4.74 Å². The zero-order valence-electron chi connectivity index (χ0n) is 8.59. The van der Waals surface area contributed by atoms with Gasteiger partial charge in [0.05, 0.1) is 5.52 Å². The molecular weight excluding hydrogens is 195 g/mol. The van der Waals surface area contributed by atoms with Crippen molar-refractivity contribution in [1.82, 2.24) is 9.97 Å². The largest absolute Gasteiger partial charge is 0.385 e. The lowest BCUT2D eigenvalue weighted by molar-refractivity contribution is 0.194. The number of aromatic amines is 1. The summed E-state index contributed by atoms with van der Waals surface area (Å²) < 4.78 is 18.2. The fourth-order valence-electron chi connectivity index (χ4n) is 1.55. The number of rotatable bonds is 4. The van der Waals surface area contributed by atoms with Crippen molar-refractivity contribution in [2.45, 2.75) is 12.8 Å². The van der Waals surface area contributed by atoms with E-state index < -0.39 is 0 Å². The van der Waals surface area contributed by atoms with Crippen molar-refractivity contribution >= 4 is 11.0 Å². The third-order valence-electron chi connectivity index (χ3n) is 2.27. The highest BCUT2D eigenvalue weighted by Gasteiger charge is 2.06. The maximum atomic E-state index is 13.3. The second-order valence-corrected chi connectivity index (χ2v) is 3.42. The number of H-pyrrole nitrogens is 1. The Balaban J connectivity index is 2.20. The predicted molar refractivity (Wildman–Crippen MR) is 56.2 cm³/mol. The number of nitrogens with zero attached hydrogens (tertiary/aromatic N) is 1. The lowest BCUT2D eigenvalue weighted by Crippen LogP contribution is -1.94. The third-order valence-corrected chi connectivity index (χ3v) is 2.27. The number of hydrogen-bond donors (Lipinski definition) is 1. The van der Waals surface area contributed by atoms with Gasteiger partial charge in [-0.15, -0.1) is 0 Å². The summed E-state index contributed by atoms with van der Waals surface area (Å²) in [7, 11) is 1.66. The highest BCUT2D eigenvalue weighted by atomic mass is 19.1. The van der Waals surface area contributed by atoms with Crippen molar-refractivity contribution in [3.8, 4) is 0 Å². The van der Waals surface area contributed by atoms with E-state index in [9.17, 15) is 4.39 Å². The van der Waals surface area contributed by atoms with Gasteiger partial charge >= 0.3 is 0 Å². The monoisotopic (exact) mass is 208 g/mol. The van der Waals surface area contributed by atoms with Gasteiger partial charge in [0.25, 0.3) is 0 Å². The molecule has 3 nitrogen and oxygen atoms in total. The van der Waals surface area contributed by atoms with Gasteiger partial charge in [-0.1, -0.05) is 6.07 Å². The van der Waals surface area contributed by atoms with E-state index in [1.54, 1.807) is 13.2 Å². The quantitative estimate of drug-likeness (QED) is 0.783. The highest BCUT2D eigenvalue weighted by molar-refractivity contribution is 5.75. The Kier molecular flexibility index (Phi) is 2.97. The van der Waals surface area contributed by atoms with Gasteiger partial charge in [0, 0.05) is 20.1 Å². The molecule has 1 N–H and O–H groups in total. The zero-order valence-corrected chi connectivity index (χ0v) is 8.59. The Hall–Kier alpha value is -1.42. The van der Waals surface area contributed by atoms with Gasteiger partial charge in [-0.2, -0.15) is 0 Å². The number of ether oxygens (including phenoxy) is 1. The van der Waals surface area contributed by atoms with Gasteiger partial charge in [0.15, 0.2) is 5.82 Å². The highest BCUT2D eigenvalue weighted by Crippen LogP contribution is 2.15. The molecule has 0 aliphatic heterocycles. The van der Waals surface area contributed by atoms with Crippen LogP contribution >= 0.6 is 0 Å². The molecular formula is C11H13FN2O. The van der Waals surface area contributed by atoms with E-state index in [2.05, 4.69) is 9.97 Å². The molecule has 80 valence electrons. The summed E-state index contributed by atoms with van der Waals surface area (Å²) in [6.07, 6.45) is 1.67. The molecule has 2 rings (SSSR count). The predicted octanol–water partition coefficient (Wildman–Crippen LogP) is 2.28. The summed E-state index contributed by atoms with van der Waals surface area (Å²) in [5, 5.41) is 0. The molecule has 4 heteroatoms. The molecule has 1 aromatic heterocycles. The minimum atomic E-state index is -0.276. The molecule has 15 heavy (non-hydrogen) atoms. The number of hydrogen-bond acceptors (Lipinski definition) is 2. The van der Waals surface area contributed by atoms with Crippen LogP contribution in [0.2, 0.25) is 0 Å². The van der Waals surface area contributed by atoms with Gasteiger partial charge in [-0.3, -0.25) is 0 Å². The summed E-state index contributed by atoms with van der Waals surface area (Å²) in [4.78, 5) is 7.29. The van der Waals surface area contributed by atoms with Crippen LogP contribution in [0.1, 0.15) is 12.2 Å². The molecule has 0 aliphatic carbocycles. The average molecular weight is 208 g/mol. The van der Waals surface area contributed by atoms with Crippen LogP contribution in [0.25, 0.3) is 11.0 Å². The average Bonchev–Trinajstić information content (AvgIpc) is 2.63.